The molecule has 3 nitrogen and oxygen atoms in total. The van der Waals surface area contributed by atoms with Gasteiger partial charge in [0, 0.05) is 19.5 Å². The first kappa shape index (κ1) is 15.3. The average molecular weight is 336 g/mol. The van der Waals surface area contributed by atoms with Crippen molar-refractivity contribution in [2.24, 2.45) is 12.8 Å². The third kappa shape index (κ3) is 2.81. The van der Waals surface area contributed by atoms with Crippen LogP contribution >= 0.6 is 15.9 Å². The summed E-state index contributed by atoms with van der Waals surface area (Å²) in [6, 6.07) is 4.39. The molecule has 0 spiro atoms. The first-order valence-electron chi connectivity index (χ1n) is 6.82. The van der Waals surface area contributed by atoms with Crippen LogP contribution in [0.3, 0.4) is 0 Å². The molecule has 1 heterocycles. The molecule has 2 N–H and O–H groups in total. The highest BCUT2D eigenvalue weighted by Crippen LogP contribution is 2.28. The van der Waals surface area contributed by atoms with Crippen molar-refractivity contribution >= 4 is 15.9 Å². The monoisotopic (exact) mass is 335 g/mol. The maximum atomic E-state index is 6.46. The first-order valence-corrected chi connectivity index (χ1v) is 7.61. The van der Waals surface area contributed by atoms with Crippen LogP contribution in [0.5, 0.6) is 0 Å². The fraction of sp³-hybridized carbons (Fsp3) is 0.438. The van der Waals surface area contributed by atoms with E-state index in [0.717, 1.165) is 22.3 Å². The van der Waals surface area contributed by atoms with E-state index in [1.165, 1.54) is 22.3 Å². The topological polar surface area (TPSA) is 43.8 Å². The first-order chi connectivity index (χ1) is 9.31. The van der Waals surface area contributed by atoms with Crippen molar-refractivity contribution in [3.63, 3.8) is 0 Å². The molecule has 1 aromatic carbocycles. The quantitative estimate of drug-likeness (QED) is 0.930. The van der Waals surface area contributed by atoms with E-state index in [2.05, 4.69) is 53.9 Å². The molecule has 0 amide bonds. The van der Waals surface area contributed by atoms with Crippen LogP contribution in [0.4, 0.5) is 0 Å². The van der Waals surface area contributed by atoms with Gasteiger partial charge >= 0.3 is 0 Å². The molecule has 2 rings (SSSR count). The maximum Gasteiger partial charge on any atom is 0.0738 e. The minimum Gasteiger partial charge on any atom is -0.324 e. The number of hydrogen-bond acceptors (Lipinski definition) is 2. The molecule has 1 unspecified atom stereocenters. The van der Waals surface area contributed by atoms with Crippen LogP contribution in [-0.4, -0.2) is 9.78 Å². The molecule has 1 atom stereocenters. The van der Waals surface area contributed by atoms with Gasteiger partial charge < -0.3 is 5.73 Å². The summed E-state index contributed by atoms with van der Waals surface area (Å²) in [5, 5.41) is 4.43. The van der Waals surface area contributed by atoms with Crippen molar-refractivity contribution in [1.82, 2.24) is 9.78 Å². The molecule has 0 saturated carbocycles. The van der Waals surface area contributed by atoms with Crippen LogP contribution in [0, 0.1) is 27.7 Å². The molecule has 0 saturated heterocycles. The molecule has 20 heavy (non-hydrogen) atoms. The summed E-state index contributed by atoms with van der Waals surface area (Å²) in [6.07, 6.45) is 0.780. The Hall–Kier alpha value is -1.13. The number of rotatable bonds is 3. The molecule has 0 aliphatic heterocycles. The second-order valence-corrected chi connectivity index (χ2v) is 6.39. The van der Waals surface area contributed by atoms with Crippen molar-refractivity contribution in [3.8, 4) is 0 Å². The summed E-state index contributed by atoms with van der Waals surface area (Å²) < 4.78 is 2.98. The number of benzene rings is 1. The molecule has 0 aliphatic carbocycles. The van der Waals surface area contributed by atoms with Gasteiger partial charge in [0.05, 0.1) is 15.9 Å². The van der Waals surface area contributed by atoms with Gasteiger partial charge in [-0.3, -0.25) is 4.68 Å². The van der Waals surface area contributed by atoms with E-state index in [-0.39, 0.29) is 6.04 Å². The Labute approximate surface area is 129 Å². The minimum absolute atomic E-state index is 0.0123. The van der Waals surface area contributed by atoms with Crippen molar-refractivity contribution in [1.29, 1.82) is 0 Å². The fourth-order valence-corrected chi connectivity index (χ4v) is 3.49. The average Bonchev–Trinajstić information content (AvgIpc) is 2.54. The fourth-order valence-electron chi connectivity index (χ4n) is 2.99. The standard InChI is InChI=1S/C16H22BrN3/c1-9-6-10(2)15(11(3)7-9)13(18)8-14-16(17)12(4)19-20(14)5/h6-7,13H,8,18H2,1-5H3. The Morgan fingerprint density at radius 2 is 1.75 bits per heavy atom. The van der Waals surface area contributed by atoms with E-state index >= 15 is 0 Å². The van der Waals surface area contributed by atoms with Gasteiger partial charge in [-0.2, -0.15) is 5.10 Å². The Kier molecular flexibility index (Phi) is 4.35. The Morgan fingerprint density at radius 1 is 1.20 bits per heavy atom. The zero-order valence-corrected chi connectivity index (χ0v) is 14.4. The lowest BCUT2D eigenvalue weighted by Crippen LogP contribution is -2.18. The van der Waals surface area contributed by atoms with Gasteiger partial charge in [0.2, 0.25) is 0 Å². The zero-order valence-electron chi connectivity index (χ0n) is 12.8. The van der Waals surface area contributed by atoms with Gasteiger partial charge in [0.1, 0.15) is 0 Å². The summed E-state index contributed by atoms with van der Waals surface area (Å²) in [7, 11) is 1.97. The molecular weight excluding hydrogens is 314 g/mol. The molecule has 0 fully saturated rings. The zero-order chi connectivity index (χ0) is 15.0. The van der Waals surface area contributed by atoms with E-state index in [1.807, 2.05) is 18.7 Å². The van der Waals surface area contributed by atoms with Crippen LogP contribution in [0.2, 0.25) is 0 Å². The second-order valence-electron chi connectivity index (χ2n) is 5.59. The Bertz CT molecular complexity index is 620. The van der Waals surface area contributed by atoms with Gasteiger partial charge in [-0.1, -0.05) is 17.7 Å². The molecule has 4 heteroatoms. The van der Waals surface area contributed by atoms with E-state index in [0.29, 0.717) is 0 Å². The number of aryl methyl sites for hydroxylation is 5. The van der Waals surface area contributed by atoms with Crippen LogP contribution in [0.1, 0.15) is 39.7 Å². The van der Waals surface area contributed by atoms with E-state index in [1.54, 1.807) is 0 Å². The highest BCUT2D eigenvalue weighted by Gasteiger charge is 2.18. The molecule has 0 radical (unpaired) electrons. The Morgan fingerprint density at radius 3 is 2.20 bits per heavy atom. The van der Waals surface area contributed by atoms with Gasteiger partial charge in [-0.15, -0.1) is 0 Å². The van der Waals surface area contributed by atoms with Gasteiger partial charge in [0.25, 0.3) is 0 Å². The molecule has 0 bridgehead atoms. The predicted octanol–water partition coefficient (Wildman–Crippen LogP) is 3.66. The van der Waals surface area contributed by atoms with Crippen molar-refractivity contribution < 1.29 is 0 Å². The van der Waals surface area contributed by atoms with Gasteiger partial charge in [-0.25, -0.2) is 0 Å². The number of hydrogen-bond donors (Lipinski definition) is 1. The largest absolute Gasteiger partial charge is 0.324 e. The second kappa shape index (κ2) is 5.70. The lowest BCUT2D eigenvalue weighted by atomic mass is 9.92. The summed E-state index contributed by atoms with van der Waals surface area (Å²) in [4.78, 5) is 0. The number of aromatic nitrogens is 2. The van der Waals surface area contributed by atoms with E-state index in [4.69, 9.17) is 5.73 Å². The molecule has 0 aliphatic rings. The molecule has 108 valence electrons. The molecule has 2 aromatic rings. The van der Waals surface area contributed by atoms with Crippen LogP contribution in [0.15, 0.2) is 16.6 Å². The number of nitrogens with zero attached hydrogens (tertiary/aromatic N) is 2. The van der Waals surface area contributed by atoms with Crippen molar-refractivity contribution in [2.45, 2.75) is 40.2 Å². The predicted molar refractivity (Wildman–Crippen MR) is 86.9 cm³/mol. The van der Waals surface area contributed by atoms with Crippen LogP contribution in [-0.2, 0) is 13.5 Å². The van der Waals surface area contributed by atoms with Gasteiger partial charge in [0.15, 0.2) is 0 Å². The SMILES string of the molecule is Cc1cc(C)c(C(N)Cc2c(Br)c(C)nn2C)c(C)c1. The van der Waals surface area contributed by atoms with E-state index in [9.17, 15) is 0 Å². The highest BCUT2D eigenvalue weighted by atomic mass is 79.9. The number of halogens is 1. The summed E-state index contributed by atoms with van der Waals surface area (Å²) in [6.45, 7) is 8.40. The maximum absolute atomic E-state index is 6.46. The Balaban J connectivity index is 2.36. The lowest BCUT2D eigenvalue weighted by Gasteiger charge is -2.19. The molecule has 1 aromatic heterocycles. The van der Waals surface area contributed by atoms with Gasteiger partial charge in [-0.05, 0) is 60.3 Å². The third-order valence-electron chi connectivity index (χ3n) is 3.78. The third-order valence-corrected chi connectivity index (χ3v) is 4.82. The normalized spacial score (nSPS) is 12.8. The summed E-state index contributed by atoms with van der Waals surface area (Å²) in [5.41, 5.74) is 13.7. The van der Waals surface area contributed by atoms with Crippen LogP contribution in [0.25, 0.3) is 0 Å². The number of nitrogens with two attached hydrogens (primary N) is 1. The molecular formula is C16H22BrN3. The van der Waals surface area contributed by atoms with Crippen molar-refractivity contribution in [3.05, 3.63) is 50.2 Å². The highest BCUT2D eigenvalue weighted by molar-refractivity contribution is 9.10. The smallest absolute Gasteiger partial charge is 0.0738 e. The van der Waals surface area contributed by atoms with E-state index < -0.39 is 0 Å². The minimum atomic E-state index is -0.0123. The van der Waals surface area contributed by atoms with Crippen molar-refractivity contribution in [2.75, 3.05) is 0 Å². The summed E-state index contributed by atoms with van der Waals surface area (Å²) in [5.74, 6) is 0. The van der Waals surface area contributed by atoms with Crippen LogP contribution < -0.4 is 5.73 Å². The lowest BCUT2D eigenvalue weighted by molar-refractivity contribution is 0.634. The summed E-state index contributed by atoms with van der Waals surface area (Å²) >= 11 is 3.61.